The predicted octanol–water partition coefficient (Wildman–Crippen LogP) is 4.62. The first-order valence-electron chi connectivity index (χ1n) is 6.51. The van der Waals surface area contributed by atoms with Gasteiger partial charge in [-0.05, 0) is 47.1 Å². The van der Waals surface area contributed by atoms with Crippen molar-refractivity contribution in [2.75, 3.05) is 7.05 Å². The summed E-state index contributed by atoms with van der Waals surface area (Å²) in [6.45, 7) is 4.62. The van der Waals surface area contributed by atoms with Gasteiger partial charge in [-0.3, -0.25) is 0 Å². The Morgan fingerprint density at radius 2 is 1.84 bits per heavy atom. The SMILES string of the molecule is CNC(Cc1ccc(Br)s1)C(C)(C)c1ccccc1. The maximum atomic E-state index is 3.54. The average molecular weight is 338 g/mol. The van der Waals surface area contributed by atoms with E-state index in [0.717, 1.165) is 6.42 Å². The molecule has 1 nitrogen and oxygen atoms in total. The Balaban J connectivity index is 2.21. The molecule has 0 saturated carbocycles. The van der Waals surface area contributed by atoms with Crippen LogP contribution in [0, 0.1) is 0 Å². The number of halogens is 1. The number of thiophene rings is 1. The van der Waals surface area contributed by atoms with E-state index in [1.165, 1.54) is 14.2 Å². The van der Waals surface area contributed by atoms with Crippen LogP contribution in [-0.4, -0.2) is 13.1 Å². The van der Waals surface area contributed by atoms with Crippen LogP contribution < -0.4 is 5.32 Å². The van der Waals surface area contributed by atoms with E-state index < -0.39 is 0 Å². The van der Waals surface area contributed by atoms with Gasteiger partial charge < -0.3 is 5.32 Å². The van der Waals surface area contributed by atoms with Crippen molar-refractivity contribution in [1.82, 2.24) is 5.32 Å². The molecule has 0 aliphatic rings. The van der Waals surface area contributed by atoms with Crippen molar-refractivity contribution >= 4 is 27.3 Å². The Bertz CT molecular complexity index is 519. The van der Waals surface area contributed by atoms with Gasteiger partial charge in [-0.1, -0.05) is 44.2 Å². The third kappa shape index (κ3) is 3.47. The van der Waals surface area contributed by atoms with Gasteiger partial charge in [-0.2, -0.15) is 0 Å². The molecule has 1 atom stereocenters. The number of hydrogen-bond donors (Lipinski definition) is 1. The Hall–Kier alpha value is -0.640. The topological polar surface area (TPSA) is 12.0 Å². The highest BCUT2D eigenvalue weighted by Gasteiger charge is 2.30. The van der Waals surface area contributed by atoms with E-state index in [4.69, 9.17) is 0 Å². The largest absolute Gasteiger partial charge is 0.316 e. The van der Waals surface area contributed by atoms with E-state index in [2.05, 4.69) is 84.6 Å². The van der Waals surface area contributed by atoms with Crippen LogP contribution in [-0.2, 0) is 11.8 Å². The fourth-order valence-corrected chi connectivity index (χ4v) is 3.98. The first-order valence-corrected chi connectivity index (χ1v) is 8.12. The minimum atomic E-state index is 0.104. The second-order valence-corrected chi connectivity index (χ2v) is 7.89. The molecule has 1 aromatic carbocycles. The molecule has 0 radical (unpaired) electrons. The van der Waals surface area contributed by atoms with Gasteiger partial charge >= 0.3 is 0 Å². The molecule has 0 spiro atoms. The molecular weight excluding hydrogens is 318 g/mol. The van der Waals surface area contributed by atoms with Crippen molar-refractivity contribution in [2.45, 2.75) is 31.7 Å². The van der Waals surface area contributed by atoms with E-state index in [1.807, 2.05) is 11.3 Å². The van der Waals surface area contributed by atoms with E-state index >= 15 is 0 Å². The number of nitrogens with one attached hydrogen (secondary N) is 1. The van der Waals surface area contributed by atoms with Crippen molar-refractivity contribution < 1.29 is 0 Å². The highest BCUT2D eigenvalue weighted by Crippen LogP contribution is 2.31. The van der Waals surface area contributed by atoms with Crippen LogP contribution in [0.4, 0.5) is 0 Å². The van der Waals surface area contributed by atoms with Crippen molar-refractivity contribution in [3.05, 3.63) is 56.7 Å². The monoisotopic (exact) mass is 337 g/mol. The highest BCUT2D eigenvalue weighted by molar-refractivity contribution is 9.11. The number of likely N-dealkylation sites (N-methyl/N-ethyl adjacent to an activating group) is 1. The molecule has 1 aromatic heterocycles. The summed E-state index contributed by atoms with van der Waals surface area (Å²) >= 11 is 5.36. The van der Waals surface area contributed by atoms with Crippen LogP contribution in [0.15, 0.2) is 46.3 Å². The summed E-state index contributed by atoms with van der Waals surface area (Å²) in [5.74, 6) is 0. The fourth-order valence-electron chi connectivity index (χ4n) is 2.45. The summed E-state index contributed by atoms with van der Waals surface area (Å²) in [6, 6.07) is 15.5. The lowest BCUT2D eigenvalue weighted by atomic mass is 9.76. The Kier molecular flexibility index (Phi) is 4.82. The van der Waals surface area contributed by atoms with Gasteiger partial charge in [-0.25, -0.2) is 0 Å². The number of hydrogen-bond acceptors (Lipinski definition) is 2. The Labute approximate surface area is 128 Å². The summed E-state index contributed by atoms with van der Waals surface area (Å²) < 4.78 is 1.20. The minimum Gasteiger partial charge on any atom is -0.316 e. The molecule has 0 bridgehead atoms. The third-order valence-electron chi connectivity index (χ3n) is 3.77. The van der Waals surface area contributed by atoms with Gasteiger partial charge in [0.15, 0.2) is 0 Å². The zero-order valence-electron chi connectivity index (χ0n) is 11.6. The summed E-state index contributed by atoms with van der Waals surface area (Å²) in [5, 5.41) is 3.49. The molecule has 0 aliphatic carbocycles. The van der Waals surface area contributed by atoms with Gasteiger partial charge in [0.1, 0.15) is 0 Å². The van der Waals surface area contributed by atoms with E-state index in [-0.39, 0.29) is 5.41 Å². The normalized spacial score (nSPS) is 13.5. The standard InChI is InChI=1S/C16H20BrNS/c1-16(2,12-7-5-4-6-8-12)14(18-3)11-13-9-10-15(17)19-13/h4-10,14,18H,11H2,1-3H3. The van der Waals surface area contributed by atoms with Gasteiger partial charge in [0.2, 0.25) is 0 Å². The van der Waals surface area contributed by atoms with Crippen molar-refractivity contribution in [2.24, 2.45) is 0 Å². The first-order chi connectivity index (χ1) is 9.04. The van der Waals surface area contributed by atoms with Gasteiger partial charge in [0.25, 0.3) is 0 Å². The Morgan fingerprint density at radius 3 is 2.37 bits per heavy atom. The van der Waals surface area contributed by atoms with Crippen LogP contribution >= 0.6 is 27.3 Å². The quantitative estimate of drug-likeness (QED) is 0.839. The zero-order chi connectivity index (χ0) is 13.9. The van der Waals surface area contributed by atoms with E-state index in [9.17, 15) is 0 Å². The van der Waals surface area contributed by atoms with E-state index in [1.54, 1.807) is 0 Å². The molecule has 0 saturated heterocycles. The zero-order valence-corrected chi connectivity index (χ0v) is 14.0. The minimum absolute atomic E-state index is 0.104. The molecule has 1 N–H and O–H groups in total. The van der Waals surface area contributed by atoms with Gasteiger partial charge in [0, 0.05) is 16.3 Å². The summed E-state index contributed by atoms with van der Waals surface area (Å²) in [5.41, 5.74) is 1.48. The number of rotatable bonds is 5. The summed E-state index contributed by atoms with van der Waals surface area (Å²) in [6.07, 6.45) is 1.05. The van der Waals surface area contributed by atoms with Crippen LogP contribution in [0.3, 0.4) is 0 Å². The molecule has 2 aromatic rings. The molecule has 0 amide bonds. The summed E-state index contributed by atoms with van der Waals surface area (Å²) in [4.78, 5) is 1.41. The maximum absolute atomic E-state index is 3.54. The molecule has 3 heteroatoms. The van der Waals surface area contributed by atoms with Crippen molar-refractivity contribution in [3.63, 3.8) is 0 Å². The average Bonchev–Trinajstić information content (AvgIpc) is 2.82. The lowest BCUT2D eigenvalue weighted by molar-refractivity contribution is 0.358. The Morgan fingerprint density at radius 1 is 1.16 bits per heavy atom. The smallest absolute Gasteiger partial charge is 0.0701 e. The maximum Gasteiger partial charge on any atom is 0.0701 e. The second-order valence-electron chi connectivity index (χ2n) is 5.34. The van der Waals surface area contributed by atoms with E-state index in [0.29, 0.717) is 6.04 Å². The van der Waals surface area contributed by atoms with Gasteiger partial charge in [-0.15, -0.1) is 11.3 Å². The predicted molar refractivity (Wildman–Crippen MR) is 88.0 cm³/mol. The summed E-state index contributed by atoms with van der Waals surface area (Å²) in [7, 11) is 2.05. The number of benzene rings is 1. The van der Waals surface area contributed by atoms with Crippen LogP contribution in [0.1, 0.15) is 24.3 Å². The fraction of sp³-hybridized carbons (Fsp3) is 0.375. The van der Waals surface area contributed by atoms with Crippen LogP contribution in [0.25, 0.3) is 0 Å². The van der Waals surface area contributed by atoms with Crippen molar-refractivity contribution in [3.8, 4) is 0 Å². The highest BCUT2D eigenvalue weighted by atomic mass is 79.9. The first kappa shape index (κ1) is 14.8. The van der Waals surface area contributed by atoms with Crippen molar-refractivity contribution in [1.29, 1.82) is 0 Å². The molecule has 0 fully saturated rings. The molecule has 102 valence electrons. The molecule has 1 unspecified atom stereocenters. The third-order valence-corrected chi connectivity index (χ3v) is 5.42. The van der Waals surface area contributed by atoms with Crippen LogP contribution in [0.2, 0.25) is 0 Å². The molecule has 19 heavy (non-hydrogen) atoms. The molecule has 2 rings (SSSR count). The molecule has 1 heterocycles. The van der Waals surface area contributed by atoms with Gasteiger partial charge in [0.05, 0.1) is 3.79 Å². The van der Waals surface area contributed by atoms with Crippen LogP contribution in [0.5, 0.6) is 0 Å². The second kappa shape index (κ2) is 6.21. The molecular formula is C16H20BrNS. The lowest BCUT2D eigenvalue weighted by Crippen LogP contribution is -2.44. The molecule has 0 aliphatic heterocycles. The lowest BCUT2D eigenvalue weighted by Gasteiger charge is -2.34.